The molecule has 0 unspecified atom stereocenters. The lowest BCUT2D eigenvalue weighted by Gasteiger charge is -2.17. The van der Waals surface area contributed by atoms with Crippen LogP contribution in [0.3, 0.4) is 0 Å². The van der Waals surface area contributed by atoms with Crippen molar-refractivity contribution >= 4 is 68.4 Å². The summed E-state index contributed by atoms with van der Waals surface area (Å²) in [7, 11) is 1.07. The van der Waals surface area contributed by atoms with E-state index in [4.69, 9.17) is 9.47 Å². The molecule has 11 nitrogen and oxygen atoms in total. The molecule has 3 aromatic rings. The molecule has 0 atom stereocenters. The van der Waals surface area contributed by atoms with E-state index < -0.39 is 33.7 Å². The number of esters is 1. The van der Waals surface area contributed by atoms with E-state index in [9.17, 15) is 24.5 Å². The molecule has 206 valence electrons. The second-order valence-corrected chi connectivity index (χ2v) is 10.8. The van der Waals surface area contributed by atoms with E-state index in [1.165, 1.54) is 5.01 Å². The quantitative estimate of drug-likeness (QED) is 0.148. The zero-order chi connectivity index (χ0) is 28.8. The van der Waals surface area contributed by atoms with Crippen molar-refractivity contribution in [1.82, 2.24) is 0 Å². The number of thioether (sulfide) groups is 2. The normalized spacial score (nSPS) is 13.9. The molecule has 0 bridgehead atoms. The predicted molar refractivity (Wildman–Crippen MR) is 158 cm³/mol. The van der Waals surface area contributed by atoms with Gasteiger partial charge in [-0.2, -0.15) is 5.10 Å². The molecule has 1 amide bonds. The molecule has 4 rings (SSSR count). The van der Waals surface area contributed by atoms with Crippen LogP contribution >= 0.6 is 34.9 Å². The summed E-state index contributed by atoms with van der Waals surface area (Å²) in [6.45, 7) is 1.65. The van der Waals surface area contributed by atoms with Gasteiger partial charge in [0.2, 0.25) is 5.43 Å². The average molecular weight is 599 g/mol. The first-order valence-corrected chi connectivity index (χ1v) is 14.5. The number of carbonyl (C=O) groups excluding carboxylic acids is 2. The van der Waals surface area contributed by atoms with Crippen LogP contribution in [0.4, 0.5) is 15.5 Å². The number of benzene rings is 2. The number of hydrogen-bond donors (Lipinski definition) is 1. The predicted octanol–water partition coefficient (Wildman–Crippen LogP) is 5.70. The average Bonchev–Trinajstić information content (AvgIpc) is 3.39. The molecular weight excluding hydrogens is 577 g/mol. The van der Waals surface area contributed by atoms with Gasteiger partial charge in [-0.05, 0) is 37.1 Å². The Labute approximate surface area is 241 Å². The molecule has 2 aromatic carbocycles. The van der Waals surface area contributed by atoms with Crippen molar-refractivity contribution in [3.05, 3.63) is 103 Å². The highest BCUT2D eigenvalue weighted by Crippen LogP contribution is 2.44. The van der Waals surface area contributed by atoms with Gasteiger partial charge in [0.05, 0.1) is 28.5 Å². The molecule has 0 saturated heterocycles. The zero-order valence-corrected chi connectivity index (χ0v) is 23.9. The van der Waals surface area contributed by atoms with Crippen molar-refractivity contribution < 1.29 is 24.0 Å². The molecule has 1 N–H and O–H groups in total. The summed E-state index contributed by atoms with van der Waals surface area (Å²) in [6.07, 6.45) is 0.740. The van der Waals surface area contributed by atoms with Crippen molar-refractivity contribution in [3.63, 3.8) is 0 Å². The molecule has 0 aliphatic carbocycles. The van der Waals surface area contributed by atoms with Crippen LogP contribution in [0.2, 0.25) is 0 Å². The third-order valence-electron chi connectivity index (χ3n) is 5.37. The van der Waals surface area contributed by atoms with Crippen LogP contribution in [0.5, 0.6) is 0 Å². The summed E-state index contributed by atoms with van der Waals surface area (Å²) in [5.74, 6) is -1.06. The van der Waals surface area contributed by atoms with Gasteiger partial charge in [0.1, 0.15) is 21.2 Å². The monoisotopic (exact) mass is 598 g/mol. The van der Waals surface area contributed by atoms with E-state index >= 15 is 0 Å². The highest BCUT2D eigenvalue weighted by molar-refractivity contribution is 8.18. The lowest BCUT2D eigenvalue weighted by molar-refractivity contribution is -0.376. The molecule has 1 aliphatic heterocycles. The maximum absolute atomic E-state index is 13.9. The van der Waals surface area contributed by atoms with E-state index in [0.717, 1.165) is 47.5 Å². The molecule has 0 fully saturated rings. The van der Waals surface area contributed by atoms with Gasteiger partial charge in [-0.25, -0.2) is 14.6 Å². The number of rotatable bonds is 8. The van der Waals surface area contributed by atoms with Gasteiger partial charge in [-0.1, -0.05) is 48.5 Å². The number of nitro groups is 1. The highest BCUT2D eigenvalue weighted by atomic mass is 32.2. The van der Waals surface area contributed by atoms with Gasteiger partial charge in [0.15, 0.2) is 5.03 Å². The number of anilines is 2. The number of carbonyl (C=O) groups is 2. The maximum Gasteiger partial charge on any atom is 0.412 e. The Morgan fingerprint density at radius 2 is 1.75 bits per heavy atom. The first-order valence-electron chi connectivity index (χ1n) is 11.6. The first kappa shape index (κ1) is 28.9. The van der Waals surface area contributed by atoms with Gasteiger partial charge >= 0.3 is 17.8 Å². The first-order chi connectivity index (χ1) is 19.3. The molecule has 0 saturated carbocycles. The van der Waals surface area contributed by atoms with Crippen LogP contribution in [0.25, 0.3) is 5.70 Å². The molecule has 0 radical (unpaired) electrons. The minimum atomic E-state index is -1.06. The Morgan fingerprint density at radius 3 is 2.33 bits per heavy atom. The summed E-state index contributed by atoms with van der Waals surface area (Å²) in [6, 6.07) is 17.9. The highest BCUT2D eigenvalue weighted by Gasteiger charge is 2.39. The fourth-order valence-electron chi connectivity index (χ4n) is 3.66. The molecule has 1 aromatic heterocycles. The molecule has 2 heterocycles. The topological polar surface area (TPSA) is 140 Å². The summed E-state index contributed by atoms with van der Waals surface area (Å²) >= 11 is 2.93. The number of nitrogens with zero attached hydrogens (tertiary/aromatic N) is 3. The summed E-state index contributed by atoms with van der Waals surface area (Å²) in [5.41, 5.74) is -1.11. The number of hydrogen-bond acceptors (Lipinski definition) is 12. The molecular formula is C26H22N4O7S3. The molecule has 14 heteroatoms. The smallest absolute Gasteiger partial charge is 0.412 e. The minimum absolute atomic E-state index is 0.0512. The fourth-order valence-corrected chi connectivity index (χ4v) is 6.59. The largest absolute Gasteiger partial charge is 0.465 e. The van der Waals surface area contributed by atoms with E-state index in [0.29, 0.717) is 10.7 Å². The molecule has 0 spiro atoms. The van der Waals surface area contributed by atoms with Gasteiger partial charge in [0, 0.05) is 5.56 Å². The Balaban J connectivity index is 2.01. The van der Waals surface area contributed by atoms with Crippen LogP contribution < -0.4 is 15.8 Å². The lowest BCUT2D eigenvalue weighted by Crippen LogP contribution is -2.26. The van der Waals surface area contributed by atoms with Crippen molar-refractivity contribution in [1.29, 1.82) is 0 Å². The van der Waals surface area contributed by atoms with E-state index in [2.05, 4.69) is 10.4 Å². The number of para-hydroxylation sites is 1. The second-order valence-electron chi connectivity index (χ2n) is 7.77. The number of amides is 1. The number of nitrogens with one attached hydrogen (secondary N) is 1. The number of methoxy groups -OCH3 is 1. The van der Waals surface area contributed by atoms with E-state index in [1.807, 2.05) is 30.3 Å². The summed E-state index contributed by atoms with van der Waals surface area (Å²) in [5, 5.41) is 21.6. The number of hydrazone groups is 1. The van der Waals surface area contributed by atoms with Gasteiger partial charge < -0.3 is 9.47 Å². The Kier molecular flexibility index (Phi) is 9.24. The Hall–Kier alpha value is -4.14. The van der Waals surface area contributed by atoms with Gasteiger partial charge in [-0.15, -0.1) is 23.1 Å². The van der Waals surface area contributed by atoms with Crippen molar-refractivity contribution in [2.24, 2.45) is 5.10 Å². The van der Waals surface area contributed by atoms with Gasteiger partial charge in [-0.3, -0.25) is 20.2 Å². The molecule has 1 aliphatic rings. The zero-order valence-electron chi connectivity index (χ0n) is 21.4. The van der Waals surface area contributed by atoms with E-state index in [1.54, 1.807) is 43.5 Å². The summed E-state index contributed by atoms with van der Waals surface area (Å²) < 4.78 is 9.90. The van der Waals surface area contributed by atoms with Crippen LogP contribution in [0.15, 0.2) is 79.8 Å². The SMILES string of the molecule is CCOC(=O)Nc1sc(SC)c(/C(=C2/SC(c3ccccc3)=NN2c2ccccc2)[N+](=O)[O-])c(=O)c1C(=O)OC. The third-order valence-corrected chi connectivity index (χ3v) is 8.66. The van der Waals surface area contributed by atoms with Crippen LogP contribution in [0.1, 0.15) is 28.4 Å². The maximum atomic E-state index is 13.9. The van der Waals surface area contributed by atoms with Crippen molar-refractivity contribution in [2.45, 2.75) is 11.1 Å². The van der Waals surface area contributed by atoms with Crippen molar-refractivity contribution in [2.75, 3.05) is 30.3 Å². The van der Waals surface area contributed by atoms with Crippen LogP contribution in [0, 0.1) is 10.1 Å². The Morgan fingerprint density at radius 1 is 1.10 bits per heavy atom. The van der Waals surface area contributed by atoms with Crippen LogP contribution in [-0.4, -0.2) is 42.0 Å². The third kappa shape index (κ3) is 5.88. The minimum Gasteiger partial charge on any atom is -0.465 e. The fraction of sp³-hybridized carbons (Fsp3) is 0.154. The standard InChI is InChI=1S/C26H22N4O7S3/c1-4-37-26(33)27-22-18(24(32)36-2)20(31)17(25(38-3)40-22)19(30(34)35)23-29(16-13-9-6-10-14-16)28-21(39-23)15-11-7-5-8-12-15/h5-14H,4H2,1-3H3,(H,27,33)/b23-19-. The van der Waals surface area contributed by atoms with E-state index in [-0.39, 0.29) is 26.4 Å². The van der Waals surface area contributed by atoms with Gasteiger partial charge in [0.25, 0.3) is 0 Å². The second kappa shape index (κ2) is 12.8. The number of ether oxygens (including phenoxy) is 2. The molecule has 40 heavy (non-hydrogen) atoms. The van der Waals surface area contributed by atoms with Crippen molar-refractivity contribution in [3.8, 4) is 0 Å². The lowest BCUT2D eigenvalue weighted by atomic mass is 10.1. The Bertz CT molecular complexity index is 1570. The summed E-state index contributed by atoms with van der Waals surface area (Å²) in [4.78, 5) is 50.9. The van der Waals surface area contributed by atoms with Crippen LogP contribution in [-0.2, 0) is 9.47 Å².